The monoisotopic (exact) mass is 289 g/mol. The largest absolute Gasteiger partial charge is 0.378 e. The topological polar surface area (TPSA) is 88.2 Å². The van der Waals surface area contributed by atoms with E-state index in [1.807, 2.05) is 19.9 Å². The van der Waals surface area contributed by atoms with Crippen molar-refractivity contribution in [3.05, 3.63) is 47.6 Å². The van der Waals surface area contributed by atoms with Gasteiger partial charge in [0.1, 0.15) is 0 Å². The molecule has 2 aromatic rings. The van der Waals surface area contributed by atoms with Gasteiger partial charge in [0.15, 0.2) is 11.9 Å². The van der Waals surface area contributed by atoms with Crippen molar-refractivity contribution >= 4 is 5.91 Å². The number of aliphatic hydroxyl groups is 1. The van der Waals surface area contributed by atoms with Crippen LogP contribution in [0.4, 0.5) is 0 Å². The lowest BCUT2D eigenvalue weighted by atomic mass is 10.1. The first-order valence-corrected chi connectivity index (χ1v) is 6.91. The Balaban J connectivity index is 1.81. The zero-order valence-electron chi connectivity index (χ0n) is 12.1. The molecule has 112 valence electrons. The van der Waals surface area contributed by atoms with Crippen LogP contribution in [0.2, 0.25) is 0 Å². The smallest absolute Gasteiger partial charge is 0.253 e. The van der Waals surface area contributed by atoms with Gasteiger partial charge < -0.3 is 14.9 Å². The minimum atomic E-state index is -1.17. The second kappa shape index (κ2) is 6.99. The molecule has 0 aliphatic heterocycles. The molecule has 0 bridgehead atoms. The molecule has 21 heavy (non-hydrogen) atoms. The van der Waals surface area contributed by atoms with Crippen molar-refractivity contribution in [2.24, 2.45) is 0 Å². The van der Waals surface area contributed by atoms with E-state index in [9.17, 15) is 9.90 Å². The van der Waals surface area contributed by atoms with Gasteiger partial charge in [-0.2, -0.15) is 4.98 Å². The lowest BCUT2D eigenvalue weighted by molar-refractivity contribution is -0.129. The molecule has 0 aliphatic rings. The average Bonchev–Trinajstić information content (AvgIpc) is 2.96. The van der Waals surface area contributed by atoms with Gasteiger partial charge in [-0.25, -0.2) is 0 Å². The zero-order valence-corrected chi connectivity index (χ0v) is 12.1. The van der Waals surface area contributed by atoms with Gasteiger partial charge in [-0.05, 0) is 5.56 Å². The standard InChI is InChI=1S/C15H19N3O3/c1-10(2)14-17-12(21-18-14)8-9-16-15(20)13(19)11-6-4-3-5-7-11/h3-7,10,13,19H,8-9H2,1-2H3,(H,16,20). The molecule has 0 aliphatic carbocycles. The molecule has 6 heteroatoms. The number of amides is 1. The van der Waals surface area contributed by atoms with Crippen LogP contribution >= 0.6 is 0 Å². The molecule has 1 amide bonds. The summed E-state index contributed by atoms with van der Waals surface area (Å²) in [4.78, 5) is 16.0. The van der Waals surface area contributed by atoms with Crippen LogP contribution in [0, 0.1) is 0 Å². The van der Waals surface area contributed by atoms with Gasteiger partial charge in [0, 0.05) is 18.9 Å². The lowest BCUT2D eigenvalue weighted by Gasteiger charge is -2.10. The highest BCUT2D eigenvalue weighted by molar-refractivity contribution is 5.81. The maximum absolute atomic E-state index is 11.8. The molecule has 1 aromatic heterocycles. The number of nitrogens with one attached hydrogen (secondary N) is 1. The number of nitrogens with zero attached hydrogens (tertiary/aromatic N) is 2. The summed E-state index contributed by atoms with van der Waals surface area (Å²) in [7, 11) is 0. The van der Waals surface area contributed by atoms with E-state index in [1.54, 1.807) is 24.3 Å². The van der Waals surface area contributed by atoms with Gasteiger partial charge in [-0.3, -0.25) is 4.79 Å². The molecule has 0 spiro atoms. The average molecular weight is 289 g/mol. The summed E-state index contributed by atoms with van der Waals surface area (Å²) in [5, 5.41) is 16.4. The first-order chi connectivity index (χ1) is 10.1. The molecule has 0 saturated carbocycles. The number of hydrogen-bond acceptors (Lipinski definition) is 5. The number of benzene rings is 1. The van der Waals surface area contributed by atoms with Gasteiger partial charge in [0.05, 0.1) is 0 Å². The van der Waals surface area contributed by atoms with Crippen LogP contribution in [0.5, 0.6) is 0 Å². The Kier molecular flexibility index (Phi) is 5.05. The molecule has 1 atom stereocenters. The van der Waals surface area contributed by atoms with Crippen LogP contribution in [-0.2, 0) is 11.2 Å². The number of carbonyl (C=O) groups excluding carboxylic acids is 1. The first kappa shape index (κ1) is 15.2. The predicted octanol–water partition coefficient (Wildman–Crippen LogP) is 1.59. The summed E-state index contributed by atoms with van der Waals surface area (Å²) in [6, 6.07) is 8.79. The van der Waals surface area contributed by atoms with Crippen LogP contribution in [0.1, 0.15) is 43.1 Å². The van der Waals surface area contributed by atoms with Gasteiger partial charge >= 0.3 is 0 Å². The van der Waals surface area contributed by atoms with Crippen LogP contribution < -0.4 is 5.32 Å². The lowest BCUT2D eigenvalue weighted by Crippen LogP contribution is -2.31. The summed E-state index contributed by atoms with van der Waals surface area (Å²) in [6.07, 6.45) is -0.729. The van der Waals surface area contributed by atoms with Crippen LogP contribution in [0.25, 0.3) is 0 Å². The maximum atomic E-state index is 11.8. The van der Waals surface area contributed by atoms with Crippen LogP contribution in [0.15, 0.2) is 34.9 Å². The molecule has 0 fully saturated rings. The Hall–Kier alpha value is -2.21. The van der Waals surface area contributed by atoms with E-state index in [0.717, 1.165) is 0 Å². The van der Waals surface area contributed by atoms with E-state index in [1.165, 1.54) is 0 Å². The fourth-order valence-corrected chi connectivity index (χ4v) is 1.78. The second-order valence-electron chi connectivity index (χ2n) is 5.06. The van der Waals surface area contributed by atoms with E-state index in [0.29, 0.717) is 30.2 Å². The van der Waals surface area contributed by atoms with Crippen molar-refractivity contribution in [2.45, 2.75) is 32.3 Å². The van der Waals surface area contributed by atoms with E-state index >= 15 is 0 Å². The molecule has 0 radical (unpaired) electrons. The summed E-state index contributed by atoms with van der Waals surface area (Å²) >= 11 is 0. The molecular formula is C15H19N3O3. The van der Waals surface area contributed by atoms with Crippen molar-refractivity contribution < 1.29 is 14.4 Å². The minimum Gasteiger partial charge on any atom is -0.378 e. The summed E-state index contributed by atoms with van der Waals surface area (Å²) in [6.45, 7) is 4.29. The van der Waals surface area contributed by atoms with Crippen molar-refractivity contribution in [1.29, 1.82) is 0 Å². The highest BCUT2D eigenvalue weighted by atomic mass is 16.5. The van der Waals surface area contributed by atoms with Gasteiger partial charge in [-0.1, -0.05) is 49.3 Å². The normalized spacial score (nSPS) is 12.4. The van der Waals surface area contributed by atoms with E-state index in [2.05, 4.69) is 15.5 Å². The molecule has 1 heterocycles. The fourth-order valence-electron chi connectivity index (χ4n) is 1.78. The number of hydrogen-bond donors (Lipinski definition) is 2. The third-order valence-corrected chi connectivity index (χ3v) is 3.00. The van der Waals surface area contributed by atoms with E-state index < -0.39 is 12.0 Å². The summed E-state index contributed by atoms with van der Waals surface area (Å²) < 4.78 is 5.08. The Labute approximate surface area is 123 Å². The maximum Gasteiger partial charge on any atom is 0.253 e. The van der Waals surface area contributed by atoms with Gasteiger partial charge in [0.2, 0.25) is 5.89 Å². The molecule has 1 aromatic carbocycles. The minimum absolute atomic E-state index is 0.206. The molecule has 2 N–H and O–H groups in total. The molecule has 2 rings (SSSR count). The number of rotatable bonds is 6. The number of aromatic nitrogens is 2. The van der Waals surface area contributed by atoms with Crippen molar-refractivity contribution in [3.63, 3.8) is 0 Å². The predicted molar refractivity (Wildman–Crippen MR) is 76.5 cm³/mol. The highest BCUT2D eigenvalue weighted by Gasteiger charge is 2.17. The van der Waals surface area contributed by atoms with Gasteiger partial charge in [-0.15, -0.1) is 0 Å². The molecule has 0 saturated heterocycles. The SMILES string of the molecule is CC(C)c1noc(CCNC(=O)C(O)c2ccccc2)n1. The molecule has 1 unspecified atom stereocenters. The molecule has 6 nitrogen and oxygen atoms in total. The zero-order chi connectivity index (χ0) is 15.2. The highest BCUT2D eigenvalue weighted by Crippen LogP contribution is 2.12. The van der Waals surface area contributed by atoms with Crippen molar-refractivity contribution in [3.8, 4) is 0 Å². The van der Waals surface area contributed by atoms with Crippen molar-refractivity contribution in [2.75, 3.05) is 6.54 Å². The first-order valence-electron chi connectivity index (χ1n) is 6.91. The Morgan fingerprint density at radius 2 is 2.05 bits per heavy atom. The van der Waals surface area contributed by atoms with Crippen LogP contribution in [-0.4, -0.2) is 27.7 Å². The van der Waals surface area contributed by atoms with E-state index in [-0.39, 0.29) is 5.92 Å². The Bertz CT molecular complexity index is 581. The fraction of sp³-hybridized carbons (Fsp3) is 0.400. The number of aliphatic hydroxyl groups excluding tert-OH is 1. The second-order valence-corrected chi connectivity index (χ2v) is 5.06. The van der Waals surface area contributed by atoms with Crippen molar-refractivity contribution in [1.82, 2.24) is 15.5 Å². The Morgan fingerprint density at radius 1 is 1.33 bits per heavy atom. The molecular weight excluding hydrogens is 270 g/mol. The van der Waals surface area contributed by atoms with Gasteiger partial charge in [0.25, 0.3) is 5.91 Å². The summed E-state index contributed by atoms with van der Waals surface area (Å²) in [5.41, 5.74) is 0.565. The quantitative estimate of drug-likeness (QED) is 0.843. The van der Waals surface area contributed by atoms with Crippen LogP contribution in [0.3, 0.4) is 0 Å². The number of carbonyl (C=O) groups is 1. The third kappa shape index (κ3) is 4.13. The third-order valence-electron chi connectivity index (χ3n) is 3.00. The Morgan fingerprint density at radius 3 is 2.67 bits per heavy atom. The van der Waals surface area contributed by atoms with E-state index in [4.69, 9.17) is 4.52 Å². The summed E-state index contributed by atoms with van der Waals surface area (Å²) in [5.74, 6) is 0.899.